The Balaban J connectivity index is 1.47. The minimum atomic E-state index is -0.592. The van der Waals surface area contributed by atoms with Crippen molar-refractivity contribution in [2.24, 2.45) is 10.2 Å². The van der Waals surface area contributed by atoms with Crippen LogP contribution in [0.1, 0.15) is 4.88 Å². The van der Waals surface area contributed by atoms with Gasteiger partial charge in [0.2, 0.25) is 5.88 Å². The molecule has 1 aliphatic rings. The monoisotopic (exact) mass is 520 g/mol. The molecule has 0 saturated carbocycles. The normalized spacial score (nSPS) is 14.9. The maximum Gasteiger partial charge on any atom is 0.292 e. The first-order chi connectivity index (χ1) is 15.5. The Labute approximate surface area is 197 Å². The van der Waals surface area contributed by atoms with Crippen LogP contribution in [-0.2, 0) is 21.0 Å². The molecule has 3 heterocycles. The molecule has 1 saturated heterocycles. The van der Waals surface area contributed by atoms with Gasteiger partial charge in [0.25, 0.3) is 5.91 Å². The summed E-state index contributed by atoms with van der Waals surface area (Å²) in [5, 5.41) is 21.3. The van der Waals surface area contributed by atoms with Crippen LogP contribution in [0.5, 0.6) is 5.88 Å². The van der Waals surface area contributed by atoms with E-state index in [0.717, 1.165) is 28.0 Å². The number of amides is 1. The van der Waals surface area contributed by atoms with Gasteiger partial charge in [-0.25, -0.2) is 0 Å². The van der Waals surface area contributed by atoms with Crippen molar-refractivity contribution in [1.82, 2.24) is 10.0 Å². The molecule has 2 aromatic heterocycles. The number of hydrogen-bond acceptors (Lipinski definition) is 7. The van der Waals surface area contributed by atoms with Gasteiger partial charge in [-0.1, -0.05) is 28.6 Å². The first kappa shape index (κ1) is 22.6. The lowest BCUT2D eigenvalue weighted by Gasteiger charge is -2.24. The fourth-order valence-corrected chi connectivity index (χ4v) is 4.42. The van der Waals surface area contributed by atoms with E-state index in [1.807, 2.05) is 35.7 Å². The van der Waals surface area contributed by atoms with E-state index in [2.05, 4.69) is 38.2 Å². The van der Waals surface area contributed by atoms with Gasteiger partial charge < -0.3 is 14.7 Å². The van der Waals surface area contributed by atoms with Crippen molar-refractivity contribution >= 4 is 55.5 Å². The van der Waals surface area contributed by atoms with Crippen molar-refractivity contribution in [3.05, 3.63) is 51.6 Å². The lowest BCUT2D eigenvalue weighted by Crippen LogP contribution is -3.13. The van der Waals surface area contributed by atoms with E-state index in [4.69, 9.17) is 9.57 Å². The second-order valence-corrected chi connectivity index (χ2v) is 9.09. The van der Waals surface area contributed by atoms with E-state index in [-0.39, 0.29) is 18.2 Å². The second kappa shape index (κ2) is 10.4. The molecule has 1 aromatic carbocycles. The van der Waals surface area contributed by atoms with Crippen LogP contribution in [0.2, 0.25) is 0 Å². The van der Waals surface area contributed by atoms with E-state index >= 15 is 0 Å². The molecule has 3 N–H and O–H groups in total. The van der Waals surface area contributed by atoms with E-state index in [9.17, 15) is 9.90 Å². The van der Waals surface area contributed by atoms with Gasteiger partial charge in [0, 0.05) is 9.86 Å². The number of hydroxylamine groups is 1. The quantitative estimate of drug-likeness (QED) is 0.313. The number of rotatable bonds is 8. The predicted molar refractivity (Wildman–Crippen MR) is 125 cm³/mol. The Hall–Kier alpha value is -2.57. The van der Waals surface area contributed by atoms with Gasteiger partial charge in [0.1, 0.15) is 13.1 Å². The van der Waals surface area contributed by atoms with Gasteiger partial charge in [0.15, 0.2) is 19.0 Å². The predicted octanol–water partition coefficient (Wildman–Crippen LogP) is 2.85. The fourth-order valence-electron chi connectivity index (χ4n) is 3.42. The van der Waals surface area contributed by atoms with Crippen LogP contribution in [0.3, 0.4) is 0 Å². The number of hydrogen-bond donors (Lipinski definition) is 3. The first-order valence-corrected chi connectivity index (χ1v) is 11.7. The highest BCUT2D eigenvalue weighted by Gasteiger charge is 2.22. The number of fused-ring (bicyclic) bond motifs is 1. The molecule has 0 aliphatic carbocycles. The highest BCUT2D eigenvalue weighted by Crippen LogP contribution is 2.39. The molecule has 0 unspecified atom stereocenters. The minimum absolute atomic E-state index is 0.0289. The molecule has 0 spiro atoms. The zero-order chi connectivity index (χ0) is 22.5. The summed E-state index contributed by atoms with van der Waals surface area (Å²) in [5.41, 5.74) is 4.25. The lowest BCUT2D eigenvalue weighted by atomic mass is 10.2. The van der Waals surface area contributed by atoms with E-state index in [1.165, 1.54) is 16.2 Å². The zero-order valence-electron chi connectivity index (χ0n) is 17.2. The minimum Gasteiger partial charge on any atom is -0.493 e. The van der Waals surface area contributed by atoms with Crippen LogP contribution in [0.25, 0.3) is 16.6 Å². The number of carbonyl (C=O) groups is 1. The number of carbonyl (C=O) groups excluding carboxylic acids is 1. The molecule has 1 amide bonds. The van der Waals surface area contributed by atoms with Crippen LogP contribution in [0.4, 0.5) is 5.69 Å². The van der Waals surface area contributed by atoms with Crippen molar-refractivity contribution < 1.29 is 24.4 Å². The average molecular weight is 521 g/mol. The van der Waals surface area contributed by atoms with E-state index < -0.39 is 5.91 Å². The number of aromatic nitrogens is 1. The highest BCUT2D eigenvalue weighted by molar-refractivity contribution is 9.10. The number of quaternary nitrogens is 1. The summed E-state index contributed by atoms with van der Waals surface area (Å²) in [6.07, 6.45) is 0. The van der Waals surface area contributed by atoms with E-state index in [1.54, 1.807) is 4.57 Å². The summed E-state index contributed by atoms with van der Waals surface area (Å²) in [6.45, 7) is 7.18. The molecule has 168 valence electrons. The molecule has 0 bridgehead atoms. The lowest BCUT2D eigenvalue weighted by molar-refractivity contribution is -0.930. The summed E-state index contributed by atoms with van der Waals surface area (Å²) in [4.78, 5) is 19.5. The Bertz CT molecular complexity index is 1140. The molecule has 11 heteroatoms. The van der Waals surface area contributed by atoms with Gasteiger partial charge in [-0.05, 0) is 29.6 Å². The van der Waals surface area contributed by atoms with Crippen LogP contribution in [0.15, 0.2) is 57.0 Å². The number of nitrogens with one attached hydrogen (secondary N) is 2. The third-order valence-corrected chi connectivity index (χ3v) is 6.45. The summed E-state index contributed by atoms with van der Waals surface area (Å²) in [7, 11) is 0. The number of halogens is 1. The molecule has 3 aromatic rings. The first-order valence-electron chi connectivity index (χ1n) is 10.00. The van der Waals surface area contributed by atoms with E-state index in [0.29, 0.717) is 31.0 Å². The topological polar surface area (TPSA) is 102 Å². The molecule has 32 heavy (non-hydrogen) atoms. The molecule has 4 rings (SSSR count). The highest BCUT2D eigenvalue weighted by atomic mass is 79.9. The molecule has 1 aliphatic heterocycles. The van der Waals surface area contributed by atoms with Crippen molar-refractivity contribution in [3.8, 4) is 5.88 Å². The van der Waals surface area contributed by atoms with Crippen LogP contribution < -0.4 is 10.4 Å². The van der Waals surface area contributed by atoms with Crippen molar-refractivity contribution in [2.45, 2.75) is 6.67 Å². The van der Waals surface area contributed by atoms with Crippen molar-refractivity contribution in [1.29, 1.82) is 0 Å². The third kappa shape index (κ3) is 5.25. The Morgan fingerprint density at radius 3 is 2.94 bits per heavy atom. The summed E-state index contributed by atoms with van der Waals surface area (Å²) in [6, 6.07) is 9.44. The average Bonchev–Trinajstić information content (AvgIpc) is 3.41. The maximum atomic E-state index is 12.2. The third-order valence-electron chi connectivity index (χ3n) is 5.02. The smallest absolute Gasteiger partial charge is 0.292 e. The molecule has 0 radical (unpaired) electrons. The zero-order valence-corrected chi connectivity index (χ0v) is 19.6. The summed E-state index contributed by atoms with van der Waals surface area (Å²) in [5.74, 6) is -0.621. The molecular formula is C21H23BrN5O4S+. The van der Waals surface area contributed by atoms with Crippen molar-refractivity contribution in [2.75, 3.05) is 32.9 Å². The van der Waals surface area contributed by atoms with Gasteiger partial charge in [-0.15, -0.1) is 21.6 Å². The maximum absolute atomic E-state index is 12.2. The Morgan fingerprint density at radius 1 is 1.38 bits per heavy atom. The molecule has 9 nitrogen and oxygen atoms in total. The molecule has 0 atom stereocenters. The van der Waals surface area contributed by atoms with Crippen LogP contribution in [-0.4, -0.2) is 48.5 Å². The fraction of sp³-hybridized carbons (Fsp3) is 0.286. The molecule has 1 fully saturated rings. The number of thiophene rings is 1. The Kier molecular flexibility index (Phi) is 7.33. The number of azo groups is 1. The van der Waals surface area contributed by atoms with Crippen molar-refractivity contribution in [3.63, 3.8) is 0 Å². The van der Waals surface area contributed by atoms with Gasteiger partial charge in [0.05, 0.1) is 29.3 Å². The summed E-state index contributed by atoms with van der Waals surface area (Å²) < 4.78 is 8.05. The number of benzene rings is 1. The SMILES string of the molecule is C=C(NOCC(=O)N=Nc1c(O)n(C[NH+]2CCOCC2)c2ccc(Br)cc12)c1cccs1. The second-order valence-electron chi connectivity index (χ2n) is 7.22. The number of morpholine rings is 1. The standard InChI is InChI=1S/C21H22BrN5O4S/c1-14(18-3-2-10-32-18)25-31-12-19(28)23-24-20-16-11-15(22)4-5-17(16)27(21(20)29)13-26-6-8-30-9-7-26/h2-5,10-11,25,29H,1,6-9,12-13H2/p+1. The molecular weight excluding hydrogens is 498 g/mol. The number of nitrogens with zero attached hydrogens (tertiary/aromatic N) is 3. The largest absolute Gasteiger partial charge is 0.493 e. The summed E-state index contributed by atoms with van der Waals surface area (Å²) >= 11 is 4.96. The van der Waals surface area contributed by atoms with Crippen LogP contribution >= 0.6 is 27.3 Å². The number of ether oxygens (including phenoxy) is 1. The Morgan fingerprint density at radius 2 is 2.19 bits per heavy atom. The van der Waals surface area contributed by atoms with Gasteiger partial charge in [-0.2, -0.15) is 0 Å². The van der Waals surface area contributed by atoms with Gasteiger partial charge >= 0.3 is 0 Å². The number of aromatic hydroxyl groups is 1. The van der Waals surface area contributed by atoms with Gasteiger partial charge in [-0.3, -0.25) is 19.7 Å². The van der Waals surface area contributed by atoms with Crippen LogP contribution in [0, 0.1) is 0 Å².